The van der Waals surface area contributed by atoms with E-state index in [2.05, 4.69) is 6.55 Å². The number of hydrogen-bond donors (Lipinski definition) is 0. The van der Waals surface area contributed by atoms with E-state index in [0.717, 1.165) is 0 Å². The first kappa shape index (κ1) is 25.6. The van der Waals surface area contributed by atoms with Crippen LogP contribution in [0.2, 0.25) is 13.1 Å². The number of rotatable bonds is 3. The van der Waals surface area contributed by atoms with E-state index in [1.54, 1.807) is 35.8 Å². The molecule has 0 bridgehead atoms. The van der Waals surface area contributed by atoms with Crippen molar-refractivity contribution in [3.05, 3.63) is 0 Å². The topological polar surface area (TPSA) is 0 Å². The quantitative estimate of drug-likeness (QED) is 0.353. The van der Waals surface area contributed by atoms with Crippen LogP contribution in [0.4, 0.5) is 0 Å². The molecule has 0 N–H and O–H groups in total. The van der Waals surface area contributed by atoms with Crippen molar-refractivity contribution in [1.82, 2.24) is 0 Å². The van der Waals surface area contributed by atoms with E-state index in [-0.39, 0.29) is 6.63 Å². The molecule has 0 unspecified atom stereocenters. The van der Waals surface area contributed by atoms with Crippen molar-refractivity contribution < 1.29 is 0 Å². The van der Waals surface area contributed by atoms with Gasteiger partial charge in [-0.05, 0) is 29.3 Å². The van der Waals surface area contributed by atoms with E-state index in [1.807, 2.05) is 0 Å². The molecule has 0 heterocycles. The molecule has 0 rings (SSSR count). The zero-order chi connectivity index (χ0) is 16.5. The van der Waals surface area contributed by atoms with Crippen molar-refractivity contribution >= 4 is 159 Å². The van der Waals surface area contributed by atoms with Gasteiger partial charge < -0.3 is 0 Å². The summed E-state index contributed by atoms with van der Waals surface area (Å²) >= 11 is 53.1. The van der Waals surface area contributed by atoms with Crippen LogP contribution in [-0.2, 0) is 0 Å². The van der Waals surface area contributed by atoms with Crippen LogP contribution in [0.15, 0.2) is 0 Å². The van der Waals surface area contributed by atoms with Gasteiger partial charge >= 0.3 is 16.6 Å². The molecule has 0 spiro atoms. The first-order valence-electron chi connectivity index (χ1n) is 4.95. The van der Waals surface area contributed by atoms with Crippen LogP contribution in [-0.4, -0.2) is 59.1 Å². The van der Waals surface area contributed by atoms with E-state index in [0.29, 0.717) is 0 Å². The zero-order valence-electron chi connectivity index (χ0n) is 10.9. The molecule has 0 radical (unpaired) electrons. The Hall–Kier alpha value is 4.35. The number of halogens is 9. The molecule has 0 aromatic heterocycles. The summed E-state index contributed by atoms with van der Waals surface area (Å²) in [6.45, 7) is 0.843. The van der Waals surface area contributed by atoms with Crippen molar-refractivity contribution in [2.45, 2.75) is 13.1 Å². The molecule has 0 atom stereocenters. The molecule has 0 aliphatic rings. The summed E-state index contributed by atoms with van der Waals surface area (Å²) in [6.07, 6.45) is 0. The maximum atomic E-state index is 5.90. The van der Waals surface area contributed by atoms with Gasteiger partial charge in [0.1, 0.15) is 0 Å². The second-order valence-electron chi connectivity index (χ2n) is 5.62. The summed E-state index contributed by atoms with van der Waals surface area (Å²) in [5.41, 5.74) is -9.88. The third kappa shape index (κ3) is 9.41. The molecule has 0 amide bonds. The highest BCUT2D eigenvalue weighted by Crippen LogP contribution is 2.51. The fraction of sp³-hybridized carbons (Fsp3) is 1.00. The molecule has 17 heteroatoms. The maximum Gasteiger partial charge on any atom is 0.328 e. The van der Waals surface area contributed by atoms with Gasteiger partial charge in [-0.1, -0.05) is 13.1 Å². The molecular weight excluding hydrogens is 568 g/mol. The van der Waals surface area contributed by atoms with Gasteiger partial charge in [0, 0.05) is 6.63 Å². The normalized spacial score (nSPS) is 17.8. The molecule has 0 nitrogen and oxygen atoms in total. The molecule has 0 aromatic carbocycles. The summed E-state index contributed by atoms with van der Waals surface area (Å²) in [4.78, 5) is 0. The Kier molecular flexibility index (Phi) is 11.6. The second-order valence-corrected chi connectivity index (χ2v) is 111. The third-order valence-corrected chi connectivity index (χ3v) is 91.8. The summed E-state index contributed by atoms with van der Waals surface area (Å²) in [7, 11) is 4.71. The van der Waals surface area contributed by atoms with Crippen LogP contribution in [0.1, 0.15) is 0 Å². The molecule has 0 aliphatic heterocycles. The van der Waals surface area contributed by atoms with Gasteiger partial charge in [0.2, 0.25) is 0 Å². The average molecular weight is 583 g/mol. The molecule has 0 aromatic rings. The standard InChI is InChI=1S/CH3Cl9Si4.CH12Si4/c1-11(12(2,3)4,13(5,6)7)14(8,9)10;1-5(2,3)4/h1H3;1-4H3. The van der Waals surface area contributed by atoms with Gasteiger partial charge in [-0.3, -0.25) is 0 Å². The van der Waals surface area contributed by atoms with Gasteiger partial charge in [0.05, 0.1) is 0 Å². The monoisotopic (exact) mass is 578 g/mol. The van der Waals surface area contributed by atoms with Crippen LogP contribution in [0.5, 0.6) is 0 Å². The lowest BCUT2D eigenvalue weighted by atomic mass is 11.9. The van der Waals surface area contributed by atoms with Crippen molar-refractivity contribution in [1.29, 1.82) is 0 Å². The third-order valence-electron chi connectivity index (χ3n) is 1.70. The molecule has 0 fully saturated rings. The van der Waals surface area contributed by atoms with E-state index < -0.39 is 23.2 Å². The van der Waals surface area contributed by atoms with Crippen LogP contribution in [0, 0.1) is 0 Å². The van der Waals surface area contributed by atoms with Gasteiger partial charge in [0.25, 0.3) is 0 Å². The van der Waals surface area contributed by atoms with Crippen molar-refractivity contribution in [3.8, 4) is 0 Å². The van der Waals surface area contributed by atoms with Gasteiger partial charge in [0.15, 0.2) is 6.63 Å². The van der Waals surface area contributed by atoms with E-state index in [1.165, 1.54) is 0 Å². The highest BCUT2D eigenvalue weighted by Gasteiger charge is 2.75. The molecular formula is C2H15Cl9Si8. The molecule has 0 saturated carbocycles. The van der Waals surface area contributed by atoms with Crippen molar-refractivity contribution in [2.24, 2.45) is 0 Å². The lowest BCUT2D eigenvalue weighted by Crippen LogP contribution is -2.74. The highest BCUT2D eigenvalue weighted by molar-refractivity contribution is 8.28. The van der Waals surface area contributed by atoms with E-state index in [4.69, 9.17) is 99.7 Å². The first-order chi connectivity index (χ1) is 7.75. The minimum Gasteiger partial charge on any atom is -0.130 e. The molecule has 19 heavy (non-hydrogen) atoms. The largest absolute Gasteiger partial charge is 0.328 e. The van der Waals surface area contributed by atoms with Crippen LogP contribution in [0.25, 0.3) is 0 Å². The van der Waals surface area contributed by atoms with Crippen LogP contribution in [0.3, 0.4) is 0 Å². The zero-order valence-corrected chi connectivity index (χ0v) is 28.7. The summed E-state index contributed by atoms with van der Waals surface area (Å²) in [6, 6.07) is 0. The minimum atomic E-state index is -3.29. The molecule has 118 valence electrons. The van der Waals surface area contributed by atoms with Crippen molar-refractivity contribution in [3.63, 3.8) is 0 Å². The van der Waals surface area contributed by atoms with Crippen molar-refractivity contribution in [2.75, 3.05) is 0 Å². The van der Waals surface area contributed by atoms with Gasteiger partial charge in [-0.15, -0.1) is 99.7 Å². The Morgan fingerprint density at radius 2 is 0.632 bits per heavy atom. The van der Waals surface area contributed by atoms with E-state index >= 15 is 0 Å². The highest BCUT2D eigenvalue weighted by atomic mass is 35.9. The lowest BCUT2D eigenvalue weighted by Gasteiger charge is -2.39. The second kappa shape index (κ2) is 8.63. The Labute approximate surface area is 169 Å². The van der Waals surface area contributed by atoms with Crippen LogP contribution < -0.4 is 0 Å². The van der Waals surface area contributed by atoms with Crippen LogP contribution >= 0.6 is 99.7 Å². The maximum absolute atomic E-state index is 5.90. The predicted octanol–water partition coefficient (Wildman–Crippen LogP) is 1.92. The fourth-order valence-corrected chi connectivity index (χ4v) is 117. The summed E-state index contributed by atoms with van der Waals surface area (Å²) in [5, 5.41) is 0. The lowest BCUT2D eigenvalue weighted by molar-refractivity contribution is 2.27. The van der Waals surface area contributed by atoms with Gasteiger partial charge in [-0.2, -0.15) is 0 Å². The fourth-order valence-electron chi connectivity index (χ4n) is 0.482. The van der Waals surface area contributed by atoms with E-state index in [9.17, 15) is 0 Å². The SMILES string of the molecule is C[Si]([SiH3])([SiH3])[SiH3].C[Si]([Si](Cl)(Cl)Cl)([Si](Cl)(Cl)Cl)[Si](Cl)(Cl)Cl. The average Bonchev–Trinajstić information content (AvgIpc) is 1.92. The molecule has 0 aliphatic carbocycles. The van der Waals surface area contributed by atoms with Gasteiger partial charge in [-0.25, -0.2) is 0 Å². The first-order valence-corrected chi connectivity index (χ1v) is 38.6. The Morgan fingerprint density at radius 1 is 0.526 bits per heavy atom. The Morgan fingerprint density at radius 3 is 0.632 bits per heavy atom. The summed E-state index contributed by atoms with van der Waals surface area (Å²) < 4.78 is 0. The smallest absolute Gasteiger partial charge is 0.130 e. The minimum absolute atomic E-state index is 0.194. The Balaban J connectivity index is 0. The molecule has 0 saturated heterocycles. The number of hydrogen-bond acceptors (Lipinski definition) is 0. The summed E-state index contributed by atoms with van der Waals surface area (Å²) in [5.74, 6) is 0. The Bertz CT molecular complexity index is 239. The predicted molar refractivity (Wildman–Crippen MR) is 123 cm³/mol.